The normalized spacial score (nSPS) is 14.9. The largest absolute Gasteiger partial charge is 0.472 e. The molecule has 5 atom stereocenters. The van der Waals surface area contributed by atoms with Crippen LogP contribution in [-0.2, 0) is 55.8 Å². The highest BCUT2D eigenvalue weighted by Gasteiger charge is 2.29. The minimum absolute atomic E-state index is 0.0299. The molecule has 0 aliphatic rings. The highest BCUT2D eigenvalue weighted by atomic mass is 31.2. The number of unbranched alkanes of at least 4 members (excludes halogenated alkanes) is 21. The maximum Gasteiger partial charge on any atom is 0.472 e. The van der Waals surface area contributed by atoms with Crippen LogP contribution in [0.4, 0.5) is 0 Å². The molecule has 596 valence electrons. The van der Waals surface area contributed by atoms with Gasteiger partial charge in [0.2, 0.25) is 0 Å². The lowest BCUT2D eigenvalue weighted by Gasteiger charge is -2.21. The zero-order valence-electron chi connectivity index (χ0n) is 65.1. The number of aliphatic hydroxyl groups is 2. The van der Waals surface area contributed by atoms with Gasteiger partial charge in [-0.15, -0.1) is 0 Å². The van der Waals surface area contributed by atoms with Crippen molar-refractivity contribution < 1.29 is 75.8 Å². The fraction of sp³-hybridized carbons (Fsp3) is 0.621. The molecular formula is C87H142O16P2. The zero-order chi connectivity index (χ0) is 76.6. The van der Waals surface area contributed by atoms with Gasteiger partial charge in [0.25, 0.3) is 0 Å². The predicted molar refractivity (Wildman–Crippen MR) is 435 cm³/mol. The molecule has 0 aliphatic heterocycles. The van der Waals surface area contributed by atoms with E-state index in [1.807, 2.05) is 18.2 Å². The first kappa shape index (κ1) is 99.7. The van der Waals surface area contributed by atoms with E-state index in [0.717, 1.165) is 161 Å². The lowest BCUT2D eigenvalue weighted by atomic mass is 10.0. The molecule has 5 unspecified atom stereocenters. The summed E-state index contributed by atoms with van der Waals surface area (Å²) in [6.45, 7) is 2.31. The SMILES string of the molecule is CC/C=C\C/C=C\C/C=C\C/C=C\C/C=C\C/C=C\CCC(=O)OC(COC(=O)CCCCCCCCC/C=C\C/C=C\C/C=C\C/C=C\CCCCC)COP(=O)(O)OCC(O)COP(=O)(O)OCC(O)COC(=O)CCCCCCCCCCCCC/C=C\C/C=C\C/C=C\C/C=C\C/C=C\CC. The molecule has 0 aromatic heterocycles. The van der Waals surface area contributed by atoms with Crippen LogP contribution in [0.25, 0.3) is 0 Å². The van der Waals surface area contributed by atoms with Crippen LogP contribution in [0.2, 0.25) is 0 Å². The van der Waals surface area contributed by atoms with E-state index >= 15 is 0 Å². The molecule has 0 saturated heterocycles. The number of rotatable bonds is 74. The Bertz CT molecular complexity index is 2640. The van der Waals surface area contributed by atoms with Crippen molar-refractivity contribution in [2.24, 2.45) is 0 Å². The third-order valence-corrected chi connectivity index (χ3v) is 18.0. The number of phosphoric ester groups is 2. The molecule has 18 heteroatoms. The Morgan fingerprint density at radius 1 is 0.276 bits per heavy atom. The van der Waals surface area contributed by atoms with E-state index < -0.39 is 91.5 Å². The van der Waals surface area contributed by atoms with Crippen LogP contribution in [-0.4, -0.2) is 95.9 Å². The monoisotopic (exact) mass is 1500 g/mol. The van der Waals surface area contributed by atoms with Crippen molar-refractivity contribution in [2.45, 2.75) is 309 Å². The van der Waals surface area contributed by atoms with Crippen molar-refractivity contribution in [1.82, 2.24) is 0 Å². The molecule has 105 heavy (non-hydrogen) atoms. The first-order valence-electron chi connectivity index (χ1n) is 40.1. The second-order valence-electron chi connectivity index (χ2n) is 26.1. The van der Waals surface area contributed by atoms with E-state index in [-0.39, 0.29) is 19.3 Å². The third kappa shape index (κ3) is 79.5. The van der Waals surface area contributed by atoms with Gasteiger partial charge in [-0.05, 0) is 148 Å². The standard InChI is InChI=1S/C87H142O16P2/c1-4-7-10-13-16-19-22-25-28-31-34-36-38-39-40-41-43-45-47-49-52-55-58-61-64-67-70-73-85(90)97-76-82(88)77-99-104(93,94)100-78-83(89)79-101-105(95,96)102-81-84(103-87(92)75-72-69-66-63-60-57-54-51-46-33-30-27-24-21-18-15-12-9-6-3)80-98-86(91)74-71-68-65-62-59-56-53-50-48-44-42-37-35-32-29-26-23-20-17-14-11-8-5-2/h7,9-10,12,16-21,25-30,34-37,39-40,44,46,48,51,57,60,66,69,82-84,88-89H,4-6,8,11,13-15,22-24,31-33,38,41-43,45,47,49-50,52-56,58-59,61-65,67-68,70-81H2,1-3H3,(H,93,94)(H,95,96)/b10-7-,12-9-,19-16-,20-17-,21-18-,28-25-,29-26-,30-27-,36-34-,37-35-,40-39-,48-44-,51-46-,60-57-,69-66-. The Morgan fingerprint density at radius 3 is 0.838 bits per heavy atom. The van der Waals surface area contributed by atoms with Crippen LogP contribution >= 0.6 is 15.6 Å². The maximum atomic E-state index is 13.0. The molecule has 0 aliphatic carbocycles. The molecule has 0 bridgehead atoms. The van der Waals surface area contributed by atoms with Gasteiger partial charge in [0.15, 0.2) is 6.10 Å². The molecule has 0 amide bonds. The van der Waals surface area contributed by atoms with Crippen LogP contribution in [0.1, 0.15) is 290 Å². The van der Waals surface area contributed by atoms with Gasteiger partial charge in [0, 0.05) is 19.3 Å². The molecule has 0 aromatic rings. The number of phosphoric acid groups is 2. The van der Waals surface area contributed by atoms with Crippen molar-refractivity contribution in [3.8, 4) is 0 Å². The molecular weight excluding hydrogens is 1360 g/mol. The summed E-state index contributed by atoms with van der Waals surface area (Å²) in [5, 5.41) is 20.7. The summed E-state index contributed by atoms with van der Waals surface area (Å²) < 4.78 is 61.1. The molecule has 0 rings (SSSR count). The number of aliphatic hydroxyl groups excluding tert-OH is 2. The van der Waals surface area contributed by atoms with Gasteiger partial charge < -0.3 is 34.2 Å². The number of hydrogen-bond acceptors (Lipinski definition) is 14. The third-order valence-electron chi connectivity index (χ3n) is 16.1. The summed E-state index contributed by atoms with van der Waals surface area (Å²) in [6.07, 6.45) is 101. The van der Waals surface area contributed by atoms with E-state index in [4.69, 9.17) is 32.3 Å². The summed E-state index contributed by atoms with van der Waals surface area (Å²) in [7, 11) is -9.84. The van der Waals surface area contributed by atoms with Gasteiger partial charge in [-0.1, -0.05) is 306 Å². The van der Waals surface area contributed by atoms with Crippen LogP contribution in [0.5, 0.6) is 0 Å². The summed E-state index contributed by atoms with van der Waals surface area (Å²) in [4.78, 5) is 58.7. The van der Waals surface area contributed by atoms with Gasteiger partial charge in [-0.25, -0.2) is 9.13 Å². The van der Waals surface area contributed by atoms with Crippen molar-refractivity contribution in [2.75, 3.05) is 39.6 Å². The average molecular weight is 1510 g/mol. The number of hydrogen-bond donors (Lipinski definition) is 4. The summed E-state index contributed by atoms with van der Waals surface area (Å²) in [6, 6.07) is 0. The number of ether oxygens (including phenoxy) is 3. The van der Waals surface area contributed by atoms with Crippen LogP contribution in [0.3, 0.4) is 0 Å². The molecule has 0 spiro atoms. The molecule has 0 heterocycles. The molecule has 0 saturated carbocycles. The van der Waals surface area contributed by atoms with Crippen LogP contribution < -0.4 is 0 Å². The minimum atomic E-state index is -4.96. The second kappa shape index (κ2) is 78.2. The number of esters is 3. The Hall–Kier alpha value is -5.35. The van der Waals surface area contributed by atoms with Gasteiger partial charge in [-0.2, -0.15) is 0 Å². The van der Waals surface area contributed by atoms with E-state index in [9.17, 15) is 43.5 Å². The van der Waals surface area contributed by atoms with Gasteiger partial charge in [-0.3, -0.25) is 32.5 Å². The summed E-state index contributed by atoms with van der Waals surface area (Å²) in [5.41, 5.74) is 0. The van der Waals surface area contributed by atoms with Crippen molar-refractivity contribution in [1.29, 1.82) is 0 Å². The van der Waals surface area contributed by atoms with E-state index in [1.165, 1.54) is 64.2 Å². The van der Waals surface area contributed by atoms with E-state index in [2.05, 4.69) is 185 Å². The van der Waals surface area contributed by atoms with Crippen LogP contribution in [0.15, 0.2) is 182 Å². The molecule has 0 aromatic carbocycles. The van der Waals surface area contributed by atoms with Crippen molar-refractivity contribution >= 4 is 33.6 Å². The Labute approximate surface area is 636 Å². The van der Waals surface area contributed by atoms with Crippen molar-refractivity contribution in [3.63, 3.8) is 0 Å². The predicted octanol–water partition coefficient (Wildman–Crippen LogP) is 23.8. The number of carbonyl (C=O) groups excluding carboxylic acids is 3. The highest BCUT2D eigenvalue weighted by Crippen LogP contribution is 2.45. The summed E-state index contributed by atoms with van der Waals surface area (Å²) in [5.74, 6) is -1.70. The number of carbonyl (C=O) groups is 3. The molecule has 0 radical (unpaired) electrons. The fourth-order valence-electron chi connectivity index (χ4n) is 10.1. The molecule has 16 nitrogen and oxygen atoms in total. The second-order valence-corrected chi connectivity index (χ2v) is 29.0. The Kier molecular flexibility index (Phi) is 74.3. The summed E-state index contributed by atoms with van der Waals surface area (Å²) >= 11 is 0. The first-order valence-corrected chi connectivity index (χ1v) is 43.1. The van der Waals surface area contributed by atoms with Gasteiger partial charge in [0.1, 0.15) is 25.4 Å². The topological polar surface area (TPSA) is 231 Å². The molecule has 0 fully saturated rings. The highest BCUT2D eigenvalue weighted by molar-refractivity contribution is 7.47. The first-order chi connectivity index (χ1) is 51.2. The number of allylic oxidation sites excluding steroid dienone is 30. The zero-order valence-corrected chi connectivity index (χ0v) is 66.9. The fourth-order valence-corrected chi connectivity index (χ4v) is 11.7. The minimum Gasteiger partial charge on any atom is -0.463 e. The molecule has 4 N–H and O–H groups in total. The average Bonchev–Trinajstić information content (AvgIpc) is 0.916. The Morgan fingerprint density at radius 2 is 0.524 bits per heavy atom. The van der Waals surface area contributed by atoms with Gasteiger partial charge in [0.05, 0.1) is 26.4 Å². The smallest absolute Gasteiger partial charge is 0.463 e. The quantitative estimate of drug-likeness (QED) is 0.0146. The van der Waals surface area contributed by atoms with Gasteiger partial charge >= 0.3 is 33.6 Å². The van der Waals surface area contributed by atoms with E-state index in [1.54, 1.807) is 0 Å². The van der Waals surface area contributed by atoms with Crippen LogP contribution in [0, 0.1) is 0 Å². The van der Waals surface area contributed by atoms with Crippen molar-refractivity contribution in [3.05, 3.63) is 182 Å². The van der Waals surface area contributed by atoms with E-state index in [0.29, 0.717) is 25.7 Å². The Balaban J connectivity index is 4.71. The maximum absolute atomic E-state index is 13.0. The lowest BCUT2D eigenvalue weighted by molar-refractivity contribution is -0.161. The lowest BCUT2D eigenvalue weighted by Crippen LogP contribution is -2.29.